The number of pyridine rings is 1. The fourth-order valence-electron chi connectivity index (χ4n) is 3.63. The summed E-state index contributed by atoms with van der Waals surface area (Å²) in [5.41, 5.74) is 1.63. The van der Waals surface area contributed by atoms with Crippen molar-refractivity contribution in [3.8, 4) is 11.9 Å². The van der Waals surface area contributed by atoms with Crippen molar-refractivity contribution in [3.05, 3.63) is 60.4 Å². The molecule has 0 saturated carbocycles. The second-order valence-electron chi connectivity index (χ2n) is 7.13. The minimum absolute atomic E-state index is 0.157. The van der Waals surface area contributed by atoms with Gasteiger partial charge in [-0.25, -0.2) is 4.98 Å². The molecule has 142 valence electrons. The van der Waals surface area contributed by atoms with Gasteiger partial charge in [-0.3, -0.25) is 4.79 Å². The van der Waals surface area contributed by atoms with Crippen molar-refractivity contribution < 1.29 is 9.53 Å². The van der Waals surface area contributed by atoms with Crippen LogP contribution in [0.1, 0.15) is 18.4 Å². The highest BCUT2D eigenvalue weighted by molar-refractivity contribution is 5.83. The van der Waals surface area contributed by atoms with Gasteiger partial charge in [-0.2, -0.15) is 5.26 Å². The Bertz CT molecular complexity index is 1010. The van der Waals surface area contributed by atoms with E-state index in [0.717, 1.165) is 36.8 Å². The average molecular weight is 374 g/mol. The number of rotatable bonds is 5. The van der Waals surface area contributed by atoms with Crippen LogP contribution in [0.3, 0.4) is 0 Å². The summed E-state index contributed by atoms with van der Waals surface area (Å²) < 4.78 is 7.76. The first-order chi connectivity index (χ1) is 13.7. The van der Waals surface area contributed by atoms with Crippen molar-refractivity contribution in [2.45, 2.75) is 19.4 Å². The molecule has 0 radical (unpaired) electrons. The first-order valence-electron chi connectivity index (χ1n) is 9.53. The Morgan fingerprint density at radius 2 is 2.04 bits per heavy atom. The highest BCUT2D eigenvalue weighted by atomic mass is 16.5. The zero-order chi connectivity index (χ0) is 19.3. The van der Waals surface area contributed by atoms with Crippen molar-refractivity contribution in [2.24, 2.45) is 5.92 Å². The first-order valence-corrected chi connectivity index (χ1v) is 9.53. The Morgan fingerprint density at radius 1 is 1.21 bits per heavy atom. The number of piperidine rings is 1. The molecule has 1 amide bonds. The van der Waals surface area contributed by atoms with Crippen molar-refractivity contribution in [3.63, 3.8) is 0 Å². The molecule has 1 aliphatic heterocycles. The minimum atomic E-state index is 0.157. The fraction of sp³-hybridized carbons (Fsp3) is 0.318. The van der Waals surface area contributed by atoms with Crippen LogP contribution in [-0.2, 0) is 11.3 Å². The van der Waals surface area contributed by atoms with E-state index < -0.39 is 0 Å². The third-order valence-corrected chi connectivity index (χ3v) is 5.28. The zero-order valence-corrected chi connectivity index (χ0v) is 15.6. The Kier molecular flexibility index (Phi) is 5.24. The highest BCUT2D eigenvalue weighted by Crippen LogP contribution is 2.20. The summed E-state index contributed by atoms with van der Waals surface area (Å²) in [5.74, 6) is 1.03. The topological polar surface area (TPSA) is 71.2 Å². The molecule has 28 heavy (non-hydrogen) atoms. The molecule has 0 atom stereocenters. The highest BCUT2D eigenvalue weighted by Gasteiger charge is 2.23. The third-order valence-electron chi connectivity index (χ3n) is 5.28. The van der Waals surface area contributed by atoms with E-state index in [2.05, 4.69) is 17.1 Å². The predicted molar refractivity (Wildman–Crippen MR) is 106 cm³/mol. The molecule has 3 aromatic rings. The van der Waals surface area contributed by atoms with Gasteiger partial charge in [0.1, 0.15) is 6.54 Å². The second-order valence-corrected chi connectivity index (χ2v) is 7.13. The number of ether oxygens (including phenoxy) is 1. The Balaban J connectivity index is 1.27. The molecular weight excluding hydrogens is 352 g/mol. The molecular formula is C22H22N4O2. The van der Waals surface area contributed by atoms with Crippen molar-refractivity contribution in [1.82, 2.24) is 14.5 Å². The molecule has 3 heterocycles. The lowest BCUT2D eigenvalue weighted by Crippen LogP contribution is -2.41. The van der Waals surface area contributed by atoms with Crippen LogP contribution in [0, 0.1) is 17.2 Å². The van der Waals surface area contributed by atoms with E-state index in [0.29, 0.717) is 30.5 Å². The molecule has 0 aliphatic carbocycles. The number of carbonyl (C=O) groups excluding carboxylic acids is 1. The van der Waals surface area contributed by atoms with Gasteiger partial charge in [0.2, 0.25) is 11.8 Å². The second kappa shape index (κ2) is 8.13. The van der Waals surface area contributed by atoms with Crippen LogP contribution in [0.15, 0.2) is 54.9 Å². The molecule has 1 aromatic carbocycles. The number of fused-ring (bicyclic) bond motifs is 1. The lowest BCUT2D eigenvalue weighted by atomic mass is 9.98. The van der Waals surface area contributed by atoms with E-state index in [1.165, 1.54) is 0 Å². The average Bonchev–Trinajstić information content (AvgIpc) is 3.15. The number of hydrogen-bond donors (Lipinski definition) is 0. The van der Waals surface area contributed by atoms with Gasteiger partial charge in [-0.1, -0.05) is 18.2 Å². The predicted octanol–water partition coefficient (Wildman–Crippen LogP) is 3.23. The van der Waals surface area contributed by atoms with E-state index in [1.54, 1.807) is 18.3 Å². The van der Waals surface area contributed by atoms with Gasteiger partial charge in [0.25, 0.3) is 0 Å². The number of para-hydroxylation sites is 1. The number of hydrogen-bond acceptors (Lipinski definition) is 4. The van der Waals surface area contributed by atoms with E-state index in [4.69, 9.17) is 10.00 Å². The van der Waals surface area contributed by atoms with Gasteiger partial charge >= 0.3 is 0 Å². The maximum atomic E-state index is 12.7. The van der Waals surface area contributed by atoms with Crippen LogP contribution in [0.25, 0.3) is 10.9 Å². The Morgan fingerprint density at radius 3 is 2.86 bits per heavy atom. The smallest absolute Gasteiger partial charge is 0.242 e. The van der Waals surface area contributed by atoms with Gasteiger partial charge in [0, 0.05) is 37.1 Å². The van der Waals surface area contributed by atoms with E-state index in [9.17, 15) is 4.79 Å². The summed E-state index contributed by atoms with van der Waals surface area (Å²) in [4.78, 5) is 18.8. The molecule has 0 spiro atoms. The van der Waals surface area contributed by atoms with Crippen LogP contribution in [0.2, 0.25) is 0 Å². The fourth-order valence-corrected chi connectivity index (χ4v) is 3.63. The molecule has 6 nitrogen and oxygen atoms in total. The minimum Gasteiger partial charge on any atom is -0.477 e. The maximum Gasteiger partial charge on any atom is 0.242 e. The molecule has 1 saturated heterocycles. The van der Waals surface area contributed by atoms with Gasteiger partial charge in [0.05, 0.1) is 18.2 Å². The molecule has 0 unspecified atom stereocenters. The van der Waals surface area contributed by atoms with E-state index in [1.807, 2.05) is 39.9 Å². The van der Waals surface area contributed by atoms with E-state index in [-0.39, 0.29) is 5.91 Å². The van der Waals surface area contributed by atoms with Crippen LogP contribution in [0.5, 0.6) is 5.88 Å². The van der Waals surface area contributed by atoms with Gasteiger partial charge in [-0.05, 0) is 42.3 Å². The zero-order valence-electron chi connectivity index (χ0n) is 15.6. The standard InChI is InChI=1S/C22H22N4O2/c23-14-18-5-9-24-21(13-18)28-16-17-6-10-25(11-7-17)22(27)15-26-12-8-19-3-1-2-4-20(19)26/h1-5,8-9,12-13,17H,6-7,10-11,15-16H2. The molecule has 4 rings (SSSR count). The van der Waals surface area contributed by atoms with Gasteiger partial charge in [0.15, 0.2) is 0 Å². The van der Waals surface area contributed by atoms with Crippen molar-refractivity contribution in [2.75, 3.05) is 19.7 Å². The van der Waals surface area contributed by atoms with Crippen molar-refractivity contribution >= 4 is 16.8 Å². The molecule has 6 heteroatoms. The number of nitriles is 1. The van der Waals surface area contributed by atoms with Crippen LogP contribution >= 0.6 is 0 Å². The summed E-state index contributed by atoms with van der Waals surface area (Å²) in [5, 5.41) is 10.1. The quantitative estimate of drug-likeness (QED) is 0.687. The maximum absolute atomic E-state index is 12.7. The monoisotopic (exact) mass is 374 g/mol. The number of carbonyl (C=O) groups is 1. The normalized spacial score (nSPS) is 14.8. The van der Waals surface area contributed by atoms with Gasteiger partial charge in [-0.15, -0.1) is 0 Å². The molecule has 1 fully saturated rings. The Hall–Kier alpha value is -3.33. The first kappa shape index (κ1) is 18.1. The third kappa shape index (κ3) is 3.99. The van der Waals surface area contributed by atoms with Crippen LogP contribution in [-0.4, -0.2) is 40.1 Å². The summed E-state index contributed by atoms with van der Waals surface area (Å²) in [7, 11) is 0. The van der Waals surface area contributed by atoms with Crippen LogP contribution in [0.4, 0.5) is 0 Å². The Labute approximate surface area is 164 Å². The van der Waals surface area contributed by atoms with Crippen molar-refractivity contribution in [1.29, 1.82) is 5.26 Å². The molecule has 1 aliphatic rings. The largest absolute Gasteiger partial charge is 0.477 e. The molecule has 0 N–H and O–H groups in total. The summed E-state index contributed by atoms with van der Waals surface area (Å²) in [6, 6.07) is 15.5. The van der Waals surface area contributed by atoms with Crippen LogP contribution < -0.4 is 4.74 Å². The number of amides is 1. The van der Waals surface area contributed by atoms with Gasteiger partial charge < -0.3 is 14.2 Å². The number of nitrogens with zero attached hydrogens (tertiary/aromatic N) is 4. The number of likely N-dealkylation sites (tertiary alicyclic amines) is 1. The summed E-state index contributed by atoms with van der Waals surface area (Å²) in [6.07, 6.45) is 5.39. The number of benzene rings is 1. The van der Waals surface area contributed by atoms with E-state index >= 15 is 0 Å². The molecule has 0 bridgehead atoms. The lowest BCUT2D eigenvalue weighted by Gasteiger charge is -2.32. The summed E-state index contributed by atoms with van der Waals surface area (Å²) in [6.45, 7) is 2.43. The SMILES string of the molecule is N#Cc1ccnc(OCC2CCN(C(=O)Cn3ccc4ccccc43)CC2)c1. The molecule has 2 aromatic heterocycles. The lowest BCUT2D eigenvalue weighted by molar-refractivity contribution is -0.133. The number of aromatic nitrogens is 2. The summed E-state index contributed by atoms with van der Waals surface area (Å²) >= 11 is 0.